The molecule has 0 aromatic heterocycles. The van der Waals surface area contributed by atoms with Crippen LogP contribution < -0.4 is 5.32 Å². The van der Waals surface area contributed by atoms with Crippen molar-refractivity contribution in [3.63, 3.8) is 0 Å². The van der Waals surface area contributed by atoms with Gasteiger partial charge in [-0.05, 0) is 30.7 Å². The van der Waals surface area contributed by atoms with E-state index in [-0.39, 0.29) is 11.4 Å². The monoisotopic (exact) mass is 280 g/mol. The number of nitrogens with one attached hydrogen (secondary N) is 1. The summed E-state index contributed by atoms with van der Waals surface area (Å²) in [5, 5.41) is 13.9. The molecule has 0 radical (unpaired) electrons. The average molecular weight is 280 g/mol. The number of rotatable bonds is 5. The number of hydrogen-bond acceptors (Lipinski definition) is 3. The zero-order valence-electron chi connectivity index (χ0n) is 11.8. The predicted octanol–water partition coefficient (Wildman–Crippen LogP) is 4.36. The molecule has 1 aromatic carbocycles. The van der Waals surface area contributed by atoms with Crippen molar-refractivity contribution in [2.75, 3.05) is 11.9 Å². The van der Waals surface area contributed by atoms with Crippen molar-refractivity contribution < 1.29 is 9.31 Å². The lowest BCUT2D eigenvalue weighted by atomic mass is 9.81. The second kappa shape index (κ2) is 6.68. The molecule has 1 aliphatic carbocycles. The van der Waals surface area contributed by atoms with Crippen LogP contribution in [0.1, 0.15) is 39.0 Å². The smallest absolute Gasteiger partial charge is 0.292 e. The highest BCUT2D eigenvalue weighted by atomic mass is 19.1. The summed E-state index contributed by atoms with van der Waals surface area (Å²) >= 11 is 0. The highest BCUT2D eigenvalue weighted by Gasteiger charge is 2.19. The maximum Gasteiger partial charge on any atom is 0.292 e. The third-order valence-corrected chi connectivity index (χ3v) is 4.07. The Morgan fingerprint density at radius 1 is 1.45 bits per heavy atom. The van der Waals surface area contributed by atoms with Crippen LogP contribution in [-0.4, -0.2) is 11.5 Å². The lowest BCUT2D eigenvalue weighted by molar-refractivity contribution is -0.384. The van der Waals surface area contributed by atoms with Gasteiger partial charge in [-0.1, -0.05) is 26.2 Å². The van der Waals surface area contributed by atoms with Crippen molar-refractivity contribution >= 4 is 11.4 Å². The molecule has 0 bridgehead atoms. The van der Waals surface area contributed by atoms with Crippen LogP contribution in [0.4, 0.5) is 15.8 Å². The van der Waals surface area contributed by atoms with E-state index in [1.807, 2.05) is 0 Å². The quantitative estimate of drug-likeness (QED) is 0.644. The van der Waals surface area contributed by atoms with Gasteiger partial charge in [-0.2, -0.15) is 0 Å². The summed E-state index contributed by atoms with van der Waals surface area (Å²) in [6.07, 6.45) is 6.02. The van der Waals surface area contributed by atoms with Crippen LogP contribution in [0, 0.1) is 27.8 Å². The molecular formula is C15H21FN2O2. The van der Waals surface area contributed by atoms with E-state index in [4.69, 9.17) is 0 Å². The van der Waals surface area contributed by atoms with Gasteiger partial charge in [-0.3, -0.25) is 10.1 Å². The molecule has 5 heteroatoms. The van der Waals surface area contributed by atoms with E-state index in [9.17, 15) is 14.5 Å². The summed E-state index contributed by atoms with van der Waals surface area (Å²) in [6.45, 7) is 2.93. The van der Waals surface area contributed by atoms with Crippen molar-refractivity contribution in [2.45, 2.75) is 39.0 Å². The van der Waals surface area contributed by atoms with Gasteiger partial charge in [0.2, 0.25) is 0 Å². The number of halogens is 1. The predicted molar refractivity (Wildman–Crippen MR) is 77.3 cm³/mol. The van der Waals surface area contributed by atoms with Gasteiger partial charge in [-0.25, -0.2) is 4.39 Å². The minimum Gasteiger partial charge on any atom is -0.379 e. The van der Waals surface area contributed by atoms with Crippen LogP contribution in [-0.2, 0) is 0 Å². The third-order valence-electron chi connectivity index (χ3n) is 4.07. The van der Waals surface area contributed by atoms with Gasteiger partial charge < -0.3 is 5.32 Å². The van der Waals surface area contributed by atoms with E-state index in [1.165, 1.54) is 37.8 Å². The second-order valence-corrected chi connectivity index (χ2v) is 5.77. The molecule has 1 aliphatic rings. The Labute approximate surface area is 118 Å². The number of nitro groups is 1. The molecule has 0 amide bonds. The Hall–Kier alpha value is -1.65. The molecule has 2 rings (SSSR count). The molecule has 0 aliphatic heterocycles. The number of hydrogen-bond donors (Lipinski definition) is 1. The van der Waals surface area contributed by atoms with Crippen LogP contribution in [0.15, 0.2) is 18.2 Å². The summed E-state index contributed by atoms with van der Waals surface area (Å²) in [7, 11) is 0. The minimum atomic E-state index is -0.482. The largest absolute Gasteiger partial charge is 0.379 e. The van der Waals surface area contributed by atoms with Crippen LogP contribution in [0.2, 0.25) is 0 Å². The van der Waals surface area contributed by atoms with Gasteiger partial charge in [0.05, 0.1) is 4.92 Å². The molecule has 1 aromatic rings. The van der Waals surface area contributed by atoms with Crippen molar-refractivity contribution in [2.24, 2.45) is 11.8 Å². The van der Waals surface area contributed by atoms with Crippen molar-refractivity contribution in [3.05, 3.63) is 34.1 Å². The normalized spacial score (nSPS) is 22.5. The summed E-state index contributed by atoms with van der Waals surface area (Å²) in [5.74, 6) is 1.00. The fraction of sp³-hybridized carbons (Fsp3) is 0.600. The molecule has 2 atom stereocenters. The topological polar surface area (TPSA) is 55.2 Å². The highest BCUT2D eigenvalue weighted by Crippen LogP contribution is 2.31. The lowest BCUT2D eigenvalue weighted by Crippen LogP contribution is -2.17. The lowest BCUT2D eigenvalue weighted by Gasteiger charge is -2.26. The standard InChI is InChI=1S/C15H21FN2O2/c1-11-3-2-4-12(9-11)7-8-17-14-10-13(16)5-6-15(14)18(19)20/h5-6,10-12,17H,2-4,7-9H2,1H3. The van der Waals surface area contributed by atoms with Crippen molar-refractivity contribution in [1.29, 1.82) is 0 Å². The zero-order chi connectivity index (χ0) is 14.5. The summed E-state index contributed by atoms with van der Waals surface area (Å²) in [5.41, 5.74) is 0.210. The van der Waals surface area contributed by atoms with Crippen LogP contribution in [0.5, 0.6) is 0 Å². The van der Waals surface area contributed by atoms with E-state index in [0.717, 1.165) is 18.4 Å². The van der Waals surface area contributed by atoms with Gasteiger partial charge in [0.25, 0.3) is 5.69 Å². The Morgan fingerprint density at radius 3 is 2.95 bits per heavy atom. The summed E-state index contributed by atoms with van der Waals surface area (Å²) < 4.78 is 13.2. The van der Waals surface area contributed by atoms with Gasteiger partial charge in [0, 0.05) is 18.7 Å². The van der Waals surface area contributed by atoms with Gasteiger partial charge in [-0.15, -0.1) is 0 Å². The van der Waals surface area contributed by atoms with Gasteiger partial charge in [0.1, 0.15) is 11.5 Å². The molecule has 0 spiro atoms. The van der Waals surface area contributed by atoms with Crippen molar-refractivity contribution in [1.82, 2.24) is 0 Å². The number of nitro benzene ring substituents is 1. The fourth-order valence-corrected chi connectivity index (χ4v) is 3.04. The molecule has 1 N–H and O–H groups in total. The van der Waals surface area contributed by atoms with E-state index < -0.39 is 10.7 Å². The molecule has 0 heterocycles. The summed E-state index contributed by atoms with van der Waals surface area (Å²) in [6, 6.07) is 3.52. The maximum absolute atomic E-state index is 13.2. The molecular weight excluding hydrogens is 259 g/mol. The second-order valence-electron chi connectivity index (χ2n) is 5.77. The van der Waals surface area contributed by atoms with E-state index in [0.29, 0.717) is 12.5 Å². The first-order chi connectivity index (χ1) is 9.56. The molecule has 1 saturated carbocycles. The third kappa shape index (κ3) is 3.92. The number of benzene rings is 1. The first-order valence-corrected chi connectivity index (χ1v) is 7.24. The van der Waals surface area contributed by atoms with Gasteiger partial charge in [0.15, 0.2) is 0 Å². The number of anilines is 1. The van der Waals surface area contributed by atoms with Crippen molar-refractivity contribution in [3.8, 4) is 0 Å². The number of nitrogens with zero attached hydrogens (tertiary/aromatic N) is 1. The Morgan fingerprint density at radius 2 is 2.25 bits per heavy atom. The van der Waals surface area contributed by atoms with E-state index in [2.05, 4.69) is 12.2 Å². The first kappa shape index (κ1) is 14.8. The Kier molecular flexibility index (Phi) is 4.93. The maximum atomic E-state index is 13.2. The zero-order valence-corrected chi connectivity index (χ0v) is 11.8. The first-order valence-electron chi connectivity index (χ1n) is 7.24. The molecule has 4 nitrogen and oxygen atoms in total. The van der Waals surface area contributed by atoms with E-state index >= 15 is 0 Å². The summed E-state index contributed by atoms with van der Waals surface area (Å²) in [4.78, 5) is 10.4. The molecule has 2 unspecified atom stereocenters. The Balaban J connectivity index is 1.90. The van der Waals surface area contributed by atoms with Crippen LogP contribution in [0.3, 0.4) is 0 Å². The van der Waals surface area contributed by atoms with Crippen LogP contribution in [0.25, 0.3) is 0 Å². The van der Waals surface area contributed by atoms with Gasteiger partial charge >= 0.3 is 0 Å². The SMILES string of the molecule is CC1CCCC(CCNc2cc(F)ccc2[N+](=O)[O-])C1. The fourth-order valence-electron chi connectivity index (χ4n) is 3.04. The van der Waals surface area contributed by atoms with E-state index in [1.54, 1.807) is 0 Å². The molecule has 1 fully saturated rings. The minimum absolute atomic E-state index is 0.0663. The molecule has 0 saturated heterocycles. The molecule has 20 heavy (non-hydrogen) atoms. The molecule has 110 valence electrons. The van der Waals surface area contributed by atoms with Crippen LogP contribution >= 0.6 is 0 Å². The Bertz CT molecular complexity index is 479. The average Bonchev–Trinajstić information content (AvgIpc) is 2.38. The highest BCUT2D eigenvalue weighted by molar-refractivity contribution is 5.61.